The molecule has 0 N–H and O–H groups in total. The first kappa shape index (κ1) is 13.5. The maximum absolute atomic E-state index is 11.5. The van der Waals surface area contributed by atoms with E-state index in [9.17, 15) is 14.9 Å². The fourth-order valence-corrected chi connectivity index (χ4v) is 1.25. The predicted octanol–water partition coefficient (Wildman–Crippen LogP) is 1.70. The van der Waals surface area contributed by atoms with Gasteiger partial charge in [0.2, 0.25) is 5.91 Å². The zero-order chi connectivity index (χ0) is 13.5. The molecule has 0 spiro atoms. The Morgan fingerprint density at radius 3 is 2.94 bits per heavy atom. The summed E-state index contributed by atoms with van der Waals surface area (Å²) in [6.45, 7) is 0.220. The van der Waals surface area contributed by atoms with E-state index < -0.39 is 4.92 Å². The Morgan fingerprint density at radius 1 is 1.61 bits per heavy atom. The first-order chi connectivity index (χ1) is 8.54. The topological polar surface area (TPSA) is 63.5 Å². The third kappa shape index (κ3) is 3.76. The highest BCUT2D eigenvalue weighted by atomic mass is 16.6. The molecule has 1 aromatic rings. The number of hydrogen-bond acceptors (Lipinski definition) is 3. The molecule has 0 bridgehead atoms. The second-order valence-electron chi connectivity index (χ2n) is 3.58. The van der Waals surface area contributed by atoms with Gasteiger partial charge in [-0.2, -0.15) is 0 Å². The van der Waals surface area contributed by atoms with Gasteiger partial charge >= 0.3 is 0 Å². The number of likely N-dealkylation sites (N-methyl/N-ethyl adjacent to an activating group) is 1. The molecular formula is C13H12N2O3. The third-order valence-electron chi connectivity index (χ3n) is 2.20. The van der Waals surface area contributed by atoms with E-state index in [-0.39, 0.29) is 18.1 Å². The van der Waals surface area contributed by atoms with Crippen LogP contribution in [0.2, 0.25) is 0 Å². The number of carbonyl (C=O) groups excluding carboxylic acids is 1. The highest BCUT2D eigenvalue weighted by Crippen LogP contribution is 2.14. The Bertz CT molecular complexity index is 529. The second kappa shape index (κ2) is 6.21. The lowest BCUT2D eigenvalue weighted by Gasteiger charge is -2.09. The molecule has 0 radical (unpaired) electrons. The lowest BCUT2D eigenvalue weighted by molar-refractivity contribution is -0.384. The molecule has 0 aromatic heterocycles. The Balaban J connectivity index is 2.79. The van der Waals surface area contributed by atoms with E-state index in [4.69, 9.17) is 6.42 Å². The SMILES string of the molecule is C#CCN(C)C(=O)/C=C/c1cccc([N+](=O)[O-])c1. The molecule has 0 saturated carbocycles. The van der Waals surface area contributed by atoms with Gasteiger partial charge in [0, 0.05) is 25.3 Å². The maximum atomic E-state index is 11.5. The van der Waals surface area contributed by atoms with Gasteiger partial charge in [-0.05, 0) is 11.6 Å². The quantitative estimate of drug-likeness (QED) is 0.350. The van der Waals surface area contributed by atoms with E-state index in [0.717, 1.165) is 0 Å². The second-order valence-corrected chi connectivity index (χ2v) is 3.58. The fourth-order valence-electron chi connectivity index (χ4n) is 1.25. The van der Waals surface area contributed by atoms with Crippen molar-refractivity contribution in [1.82, 2.24) is 4.90 Å². The van der Waals surface area contributed by atoms with Gasteiger partial charge in [0.05, 0.1) is 11.5 Å². The molecule has 18 heavy (non-hydrogen) atoms. The third-order valence-corrected chi connectivity index (χ3v) is 2.20. The largest absolute Gasteiger partial charge is 0.331 e. The standard InChI is InChI=1S/C13H12N2O3/c1-3-9-14(2)13(16)8-7-11-5-4-6-12(10-11)15(17)18/h1,4-8,10H,9H2,2H3/b8-7+. The fraction of sp³-hybridized carbons (Fsp3) is 0.154. The minimum Gasteiger partial charge on any atom is -0.331 e. The summed E-state index contributed by atoms with van der Waals surface area (Å²) in [6.07, 6.45) is 7.93. The summed E-state index contributed by atoms with van der Waals surface area (Å²) >= 11 is 0. The average molecular weight is 244 g/mol. The number of carbonyl (C=O) groups is 1. The van der Waals surface area contributed by atoms with Crippen molar-refractivity contribution in [3.8, 4) is 12.3 Å². The van der Waals surface area contributed by atoms with Crippen LogP contribution in [0, 0.1) is 22.5 Å². The van der Waals surface area contributed by atoms with Crippen LogP contribution in [0.25, 0.3) is 6.08 Å². The van der Waals surface area contributed by atoms with Gasteiger partial charge in [-0.15, -0.1) is 6.42 Å². The van der Waals surface area contributed by atoms with Crippen LogP contribution in [0.3, 0.4) is 0 Å². The molecule has 92 valence electrons. The van der Waals surface area contributed by atoms with Crippen molar-refractivity contribution in [1.29, 1.82) is 0 Å². The summed E-state index contributed by atoms with van der Waals surface area (Å²) in [7, 11) is 1.58. The Hall–Kier alpha value is -2.61. The van der Waals surface area contributed by atoms with E-state index in [1.165, 1.54) is 29.2 Å². The number of benzene rings is 1. The van der Waals surface area contributed by atoms with Crippen molar-refractivity contribution in [2.75, 3.05) is 13.6 Å². The number of nitro benzene ring substituents is 1. The van der Waals surface area contributed by atoms with Crippen molar-refractivity contribution in [3.05, 3.63) is 46.0 Å². The summed E-state index contributed by atoms with van der Waals surface area (Å²) in [5.74, 6) is 2.10. The zero-order valence-electron chi connectivity index (χ0n) is 9.87. The first-order valence-electron chi connectivity index (χ1n) is 5.15. The Labute approximate surface area is 105 Å². The van der Waals surface area contributed by atoms with Gasteiger partial charge in [-0.3, -0.25) is 14.9 Å². The molecule has 5 heteroatoms. The number of rotatable bonds is 4. The highest BCUT2D eigenvalue weighted by Gasteiger charge is 2.05. The smallest absolute Gasteiger partial charge is 0.270 e. The van der Waals surface area contributed by atoms with Gasteiger partial charge in [0.15, 0.2) is 0 Å². The van der Waals surface area contributed by atoms with E-state index in [0.29, 0.717) is 5.56 Å². The molecule has 0 saturated heterocycles. The molecule has 0 fully saturated rings. The molecule has 1 amide bonds. The van der Waals surface area contributed by atoms with Crippen LogP contribution in [0.15, 0.2) is 30.3 Å². The lowest BCUT2D eigenvalue weighted by atomic mass is 10.2. The van der Waals surface area contributed by atoms with E-state index >= 15 is 0 Å². The van der Waals surface area contributed by atoms with Crippen LogP contribution in [0.4, 0.5) is 5.69 Å². The van der Waals surface area contributed by atoms with Crippen LogP contribution >= 0.6 is 0 Å². The van der Waals surface area contributed by atoms with Crippen molar-refractivity contribution in [3.63, 3.8) is 0 Å². The van der Waals surface area contributed by atoms with Crippen LogP contribution in [-0.2, 0) is 4.79 Å². The Morgan fingerprint density at radius 2 is 2.33 bits per heavy atom. The van der Waals surface area contributed by atoms with Gasteiger partial charge in [0.25, 0.3) is 5.69 Å². The summed E-state index contributed by atoms with van der Waals surface area (Å²) < 4.78 is 0. The number of non-ortho nitro benzene ring substituents is 1. The number of amides is 1. The van der Waals surface area contributed by atoms with Gasteiger partial charge in [0.1, 0.15) is 0 Å². The number of hydrogen-bond donors (Lipinski definition) is 0. The molecule has 1 aromatic carbocycles. The van der Waals surface area contributed by atoms with Crippen LogP contribution in [0.5, 0.6) is 0 Å². The minimum atomic E-state index is -0.483. The Kier molecular flexibility index (Phi) is 4.64. The molecular weight excluding hydrogens is 232 g/mol. The summed E-state index contributed by atoms with van der Waals surface area (Å²) in [5, 5.41) is 10.6. The molecule has 5 nitrogen and oxygen atoms in total. The number of nitrogens with zero attached hydrogens (tertiary/aromatic N) is 2. The minimum absolute atomic E-state index is 0.0124. The molecule has 0 aliphatic heterocycles. The van der Waals surface area contributed by atoms with E-state index in [2.05, 4.69) is 5.92 Å². The van der Waals surface area contributed by atoms with Gasteiger partial charge in [-0.25, -0.2) is 0 Å². The summed E-state index contributed by atoms with van der Waals surface area (Å²) in [6, 6.07) is 6.03. The van der Waals surface area contributed by atoms with Gasteiger partial charge < -0.3 is 4.90 Å². The summed E-state index contributed by atoms with van der Waals surface area (Å²) in [4.78, 5) is 23.0. The normalized spacial score (nSPS) is 10.0. The highest BCUT2D eigenvalue weighted by molar-refractivity contribution is 5.91. The van der Waals surface area contributed by atoms with Crippen molar-refractivity contribution in [2.45, 2.75) is 0 Å². The van der Waals surface area contributed by atoms with E-state index in [1.807, 2.05) is 0 Å². The molecule has 0 aliphatic rings. The van der Waals surface area contributed by atoms with Crippen molar-refractivity contribution < 1.29 is 9.72 Å². The molecule has 0 aliphatic carbocycles. The average Bonchev–Trinajstić information content (AvgIpc) is 2.36. The maximum Gasteiger partial charge on any atom is 0.270 e. The summed E-state index contributed by atoms with van der Waals surface area (Å²) in [5.41, 5.74) is 0.577. The zero-order valence-corrected chi connectivity index (χ0v) is 9.87. The first-order valence-corrected chi connectivity index (χ1v) is 5.15. The van der Waals surface area contributed by atoms with Crippen LogP contribution < -0.4 is 0 Å². The molecule has 1 rings (SSSR count). The number of nitro groups is 1. The molecule has 0 atom stereocenters. The number of terminal acetylenes is 1. The van der Waals surface area contributed by atoms with Crippen molar-refractivity contribution in [2.24, 2.45) is 0 Å². The molecule has 0 unspecified atom stereocenters. The monoisotopic (exact) mass is 244 g/mol. The van der Waals surface area contributed by atoms with Crippen LogP contribution in [0.1, 0.15) is 5.56 Å². The van der Waals surface area contributed by atoms with E-state index in [1.54, 1.807) is 19.2 Å². The lowest BCUT2D eigenvalue weighted by Crippen LogP contribution is -2.24. The van der Waals surface area contributed by atoms with Crippen LogP contribution in [-0.4, -0.2) is 29.3 Å². The van der Waals surface area contributed by atoms with Crippen molar-refractivity contribution >= 4 is 17.7 Å². The predicted molar refractivity (Wildman–Crippen MR) is 68.6 cm³/mol. The van der Waals surface area contributed by atoms with Gasteiger partial charge in [-0.1, -0.05) is 18.1 Å². The molecule has 0 heterocycles.